The van der Waals surface area contributed by atoms with E-state index in [-0.39, 0.29) is 11.2 Å². The van der Waals surface area contributed by atoms with E-state index in [4.69, 9.17) is 0 Å². The number of para-hydroxylation sites is 1. The fourth-order valence-corrected chi connectivity index (χ4v) is 4.43. The first-order valence-electron chi connectivity index (χ1n) is 6.24. The summed E-state index contributed by atoms with van der Waals surface area (Å²) in [5, 5.41) is 9.64. The molecule has 0 aromatic heterocycles. The van der Waals surface area contributed by atoms with E-state index in [0.717, 1.165) is 11.3 Å². The van der Waals surface area contributed by atoms with Crippen molar-refractivity contribution < 1.29 is 5.11 Å². The molecule has 1 atom stereocenters. The van der Waals surface area contributed by atoms with Crippen molar-refractivity contribution in [3.8, 4) is 5.75 Å². The summed E-state index contributed by atoms with van der Waals surface area (Å²) in [6.07, 6.45) is 2.12. The number of phenolic OH excluding ortho intramolecular Hbond substituents is 1. The van der Waals surface area contributed by atoms with Crippen LogP contribution in [0.4, 0.5) is 5.69 Å². The van der Waals surface area contributed by atoms with Crippen molar-refractivity contribution in [3.05, 3.63) is 60.3 Å². The number of rotatable bonds is 1. The third-order valence-electron chi connectivity index (χ3n) is 3.44. The van der Waals surface area contributed by atoms with Gasteiger partial charge in [0.15, 0.2) is 5.50 Å². The Labute approximate surface area is 129 Å². The Morgan fingerprint density at radius 3 is 2.80 bits per heavy atom. The van der Waals surface area contributed by atoms with Gasteiger partial charge in [0, 0.05) is 16.7 Å². The highest BCUT2D eigenvalue weighted by Gasteiger charge is 2.39. The maximum Gasteiger partial charge on any atom is 0.169 e. The topological polar surface area (TPSA) is 26.7 Å². The second-order valence-corrected chi connectivity index (χ2v) is 6.56. The van der Waals surface area contributed by atoms with Gasteiger partial charge in [0.05, 0.1) is 27.5 Å². The summed E-state index contributed by atoms with van der Waals surface area (Å²) < 4.78 is 2.06. The van der Waals surface area contributed by atoms with Gasteiger partial charge in [-0.3, -0.25) is 3.93 Å². The molecule has 2 aliphatic heterocycles. The first-order valence-corrected chi connectivity index (χ1v) is 7.83. The van der Waals surface area contributed by atoms with Crippen LogP contribution in [0.15, 0.2) is 59.6 Å². The Morgan fingerprint density at radius 2 is 1.95 bits per heavy atom. The normalized spacial score (nSPS) is 19.9. The third-order valence-corrected chi connectivity index (χ3v) is 5.73. The summed E-state index contributed by atoms with van der Waals surface area (Å²) in [4.78, 5) is 3.53. The first kappa shape index (κ1) is 12.2. The number of halogens is 1. The molecule has 2 aromatic carbocycles. The molecule has 3 nitrogen and oxygen atoms in total. The second-order valence-electron chi connectivity index (χ2n) is 4.70. The Morgan fingerprint density at radius 1 is 1.10 bits per heavy atom. The third kappa shape index (κ3) is 1.73. The second kappa shape index (κ2) is 4.46. The zero-order valence-electron chi connectivity index (χ0n) is 10.4. The van der Waals surface area contributed by atoms with Gasteiger partial charge in [0.25, 0.3) is 0 Å². The summed E-state index contributed by atoms with van der Waals surface area (Å²) in [5.74, 6) is 0.282. The van der Waals surface area contributed by atoms with Crippen molar-refractivity contribution in [1.82, 2.24) is 3.93 Å². The van der Waals surface area contributed by atoms with Crippen molar-refractivity contribution >= 4 is 39.3 Å². The summed E-state index contributed by atoms with van der Waals surface area (Å²) in [5.41, 5.74) is 3.45. The monoisotopic (exact) mass is 346 g/mol. The molecule has 20 heavy (non-hydrogen) atoms. The molecule has 0 radical (unpaired) electrons. The molecule has 2 heterocycles. The van der Waals surface area contributed by atoms with Crippen LogP contribution >= 0.6 is 27.9 Å². The van der Waals surface area contributed by atoms with Crippen molar-refractivity contribution in [1.29, 1.82) is 0 Å². The molecule has 0 saturated heterocycles. The van der Waals surface area contributed by atoms with E-state index in [0.29, 0.717) is 0 Å². The van der Waals surface area contributed by atoms with Crippen molar-refractivity contribution in [2.45, 2.75) is 10.4 Å². The summed E-state index contributed by atoms with van der Waals surface area (Å²) in [6.45, 7) is 0. The predicted octanol–water partition coefficient (Wildman–Crippen LogP) is 4.21. The van der Waals surface area contributed by atoms with Gasteiger partial charge in [0.2, 0.25) is 0 Å². The Kier molecular flexibility index (Phi) is 2.72. The maximum absolute atomic E-state index is 9.64. The number of fused-ring (bicyclic) bond motifs is 3. The maximum atomic E-state index is 9.64. The summed E-state index contributed by atoms with van der Waals surface area (Å²) >= 11 is 5.46. The smallest absolute Gasteiger partial charge is 0.169 e. The van der Waals surface area contributed by atoms with Gasteiger partial charge in [-0.25, -0.2) is 0 Å². The number of aromatic hydroxyl groups is 1. The highest BCUT2D eigenvalue weighted by Crippen LogP contribution is 2.51. The minimum Gasteiger partial charge on any atom is -0.508 e. The Balaban J connectivity index is 1.78. The Hall–Kier alpha value is -1.59. The van der Waals surface area contributed by atoms with Crippen LogP contribution in [-0.2, 0) is 0 Å². The van der Waals surface area contributed by atoms with Gasteiger partial charge in [-0.15, -0.1) is 0 Å². The van der Waals surface area contributed by atoms with Gasteiger partial charge >= 0.3 is 0 Å². The Bertz CT molecular complexity index is 719. The molecule has 1 unspecified atom stereocenters. The van der Waals surface area contributed by atoms with Gasteiger partial charge in [-0.05, 0) is 24.3 Å². The van der Waals surface area contributed by atoms with Crippen LogP contribution in [0.25, 0.3) is 5.70 Å². The summed E-state index contributed by atoms with van der Waals surface area (Å²) in [6, 6.07) is 15.7. The van der Waals surface area contributed by atoms with Crippen LogP contribution in [0.2, 0.25) is 0 Å². The average Bonchev–Trinajstić information content (AvgIpc) is 2.97. The standard InChI is InChI=1S/C15H11BrN2OS/c16-18-13(10-4-3-5-11(19)8-10)9-17-12-6-1-2-7-14(12)20-15(17)18/h1-9,15,19H. The quantitative estimate of drug-likeness (QED) is 0.782. The lowest BCUT2D eigenvalue weighted by Crippen LogP contribution is -2.27. The van der Waals surface area contributed by atoms with Crippen molar-refractivity contribution in [2.24, 2.45) is 0 Å². The van der Waals surface area contributed by atoms with Crippen LogP contribution in [-0.4, -0.2) is 14.5 Å². The molecule has 0 saturated carbocycles. The van der Waals surface area contributed by atoms with Crippen LogP contribution in [0.1, 0.15) is 5.56 Å². The lowest BCUT2D eigenvalue weighted by molar-refractivity contribution is 0.475. The molecule has 0 bridgehead atoms. The number of hydrogen-bond acceptors (Lipinski definition) is 4. The number of hydrogen-bond donors (Lipinski definition) is 1. The van der Waals surface area contributed by atoms with Crippen molar-refractivity contribution in [3.63, 3.8) is 0 Å². The summed E-state index contributed by atoms with van der Waals surface area (Å²) in [7, 11) is 0. The highest BCUT2D eigenvalue weighted by atomic mass is 79.9. The van der Waals surface area contributed by atoms with E-state index in [1.807, 2.05) is 23.9 Å². The van der Waals surface area contributed by atoms with Crippen molar-refractivity contribution in [2.75, 3.05) is 4.90 Å². The molecule has 100 valence electrons. The molecular weight excluding hydrogens is 336 g/mol. The largest absolute Gasteiger partial charge is 0.508 e. The minimum atomic E-state index is 0.185. The highest BCUT2D eigenvalue weighted by molar-refractivity contribution is 9.07. The first-order chi connectivity index (χ1) is 9.74. The van der Waals surface area contributed by atoms with E-state index in [1.165, 1.54) is 10.6 Å². The van der Waals surface area contributed by atoms with E-state index in [2.05, 4.69) is 55.4 Å². The average molecular weight is 347 g/mol. The van der Waals surface area contributed by atoms with Gasteiger partial charge < -0.3 is 10.0 Å². The number of benzene rings is 2. The fraction of sp³-hybridized carbons (Fsp3) is 0.0667. The van der Waals surface area contributed by atoms with Crippen LogP contribution in [0.5, 0.6) is 5.75 Å². The molecular formula is C15H11BrN2OS. The minimum absolute atomic E-state index is 0.185. The fourth-order valence-electron chi connectivity index (χ4n) is 2.52. The molecule has 4 rings (SSSR count). The SMILES string of the molecule is Oc1cccc(C2=CN3c4ccccc4SC3N2Br)c1. The molecule has 2 aliphatic rings. The van der Waals surface area contributed by atoms with E-state index in [1.54, 1.807) is 12.1 Å². The molecule has 1 N–H and O–H groups in total. The zero-order chi connectivity index (χ0) is 13.7. The van der Waals surface area contributed by atoms with Crippen LogP contribution in [0.3, 0.4) is 0 Å². The molecule has 5 heteroatoms. The van der Waals surface area contributed by atoms with Crippen LogP contribution < -0.4 is 4.90 Å². The number of nitrogens with zero attached hydrogens (tertiary/aromatic N) is 2. The van der Waals surface area contributed by atoms with E-state index < -0.39 is 0 Å². The van der Waals surface area contributed by atoms with Gasteiger partial charge in [-0.2, -0.15) is 0 Å². The van der Waals surface area contributed by atoms with Crippen LogP contribution in [0, 0.1) is 0 Å². The lowest BCUT2D eigenvalue weighted by atomic mass is 10.1. The zero-order valence-corrected chi connectivity index (χ0v) is 12.8. The number of phenols is 1. The van der Waals surface area contributed by atoms with E-state index >= 15 is 0 Å². The molecule has 0 fully saturated rings. The molecule has 2 aromatic rings. The molecule has 0 aliphatic carbocycles. The number of anilines is 1. The predicted molar refractivity (Wildman–Crippen MR) is 85.4 cm³/mol. The molecule has 0 amide bonds. The van der Waals surface area contributed by atoms with Gasteiger partial charge in [0.1, 0.15) is 5.75 Å². The lowest BCUT2D eigenvalue weighted by Gasteiger charge is -2.22. The number of thioether (sulfide) groups is 1. The van der Waals surface area contributed by atoms with Gasteiger partial charge in [-0.1, -0.05) is 36.0 Å². The van der Waals surface area contributed by atoms with E-state index in [9.17, 15) is 5.11 Å². The molecule has 0 spiro atoms.